The van der Waals surface area contributed by atoms with Gasteiger partial charge in [0.25, 0.3) is 0 Å². The Bertz CT molecular complexity index is 482. The molecule has 0 heterocycles. The highest BCUT2D eigenvalue weighted by molar-refractivity contribution is 5.13. The fourth-order valence-electron chi connectivity index (χ4n) is 7.21. The molecule has 0 aromatic rings. The third kappa shape index (κ3) is 2.04. The van der Waals surface area contributed by atoms with Crippen molar-refractivity contribution in [1.82, 2.24) is 0 Å². The molecule has 0 amide bonds. The van der Waals surface area contributed by atoms with E-state index in [0.29, 0.717) is 18.3 Å². The van der Waals surface area contributed by atoms with Crippen LogP contribution >= 0.6 is 0 Å². The minimum absolute atomic E-state index is 0.00168. The molecule has 23 heavy (non-hydrogen) atoms. The first-order chi connectivity index (χ1) is 10.8. The van der Waals surface area contributed by atoms with Crippen molar-refractivity contribution in [2.24, 2.45) is 34.5 Å². The average molecular weight is 324 g/mol. The average Bonchev–Trinajstić information content (AvgIpc) is 2.82. The Hall–Kier alpha value is -0.160. The molecule has 0 bridgehead atoms. The van der Waals surface area contributed by atoms with Crippen LogP contribution in [-0.2, 0) is 0 Å². The van der Waals surface area contributed by atoms with Gasteiger partial charge in [-0.1, -0.05) is 13.8 Å². The van der Waals surface area contributed by atoms with E-state index >= 15 is 0 Å². The van der Waals surface area contributed by atoms with Crippen molar-refractivity contribution in [3.63, 3.8) is 0 Å². The van der Waals surface area contributed by atoms with Gasteiger partial charge in [0.05, 0.1) is 24.4 Å². The summed E-state index contributed by atoms with van der Waals surface area (Å²) >= 11 is 0. The molecule has 0 aliphatic heterocycles. The Labute approximate surface area is 138 Å². The van der Waals surface area contributed by atoms with Gasteiger partial charge in [0.1, 0.15) is 0 Å². The summed E-state index contributed by atoms with van der Waals surface area (Å²) in [7, 11) is 0. The maximum Gasteiger partial charge on any atom is 0.0836 e. The maximum atomic E-state index is 10.9. The number of rotatable bonds is 0. The molecule has 4 saturated carbocycles. The van der Waals surface area contributed by atoms with E-state index in [0.717, 1.165) is 38.5 Å². The molecule has 0 aromatic carbocycles. The summed E-state index contributed by atoms with van der Waals surface area (Å²) in [6.07, 6.45) is 4.15. The van der Waals surface area contributed by atoms with E-state index < -0.39 is 12.2 Å². The lowest BCUT2D eigenvalue weighted by atomic mass is 9.43. The summed E-state index contributed by atoms with van der Waals surface area (Å²) in [6.45, 7) is 4.47. The molecule has 4 aliphatic carbocycles. The molecule has 4 unspecified atom stereocenters. The summed E-state index contributed by atoms with van der Waals surface area (Å²) < 4.78 is 0. The second-order valence-electron chi connectivity index (χ2n) is 9.45. The van der Waals surface area contributed by atoms with E-state index in [1.165, 1.54) is 0 Å². The molecule has 0 radical (unpaired) electrons. The first kappa shape index (κ1) is 16.3. The van der Waals surface area contributed by atoms with E-state index in [1.807, 2.05) is 0 Å². The molecule has 4 N–H and O–H groups in total. The van der Waals surface area contributed by atoms with Gasteiger partial charge in [0.15, 0.2) is 0 Å². The van der Waals surface area contributed by atoms with Crippen molar-refractivity contribution in [1.29, 1.82) is 0 Å². The van der Waals surface area contributed by atoms with Gasteiger partial charge in [-0.25, -0.2) is 0 Å². The molecule has 0 aromatic heterocycles. The van der Waals surface area contributed by atoms with E-state index in [2.05, 4.69) is 13.8 Å². The smallest absolute Gasteiger partial charge is 0.0836 e. The van der Waals surface area contributed by atoms with Crippen LogP contribution in [-0.4, -0.2) is 44.8 Å². The van der Waals surface area contributed by atoms with Crippen molar-refractivity contribution >= 4 is 0 Å². The fraction of sp³-hybridized carbons (Fsp3) is 1.00. The van der Waals surface area contributed by atoms with Crippen LogP contribution in [0.3, 0.4) is 0 Å². The van der Waals surface area contributed by atoms with Gasteiger partial charge in [0, 0.05) is 0 Å². The van der Waals surface area contributed by atoms with Crippen molar-refractivity contribution in [3.05, 3.63) is 0 Å². The molecule has 132 valence electrons. The summed E-state index contributed by atoms with van der Waals surface area (Å²) in [6, 6.07) is 0. The molecular formula is C19H32O4. The van der Waals surface area contributed by atoms with Gasteiger partial charge in [-0.15, -0.1) is 0 Å². The predicted octanol–water partition coefficient (Wildman–Crippen LogP) is 1.69. The zero-order valence-electron chi connectivity index (χ0n) is 14.4. The topological polar surface area (TPSA) is 80.9 Å². The van der Waals surface area contributed by atoms with Crippen LogP contribution in [0.15, 0.2) is 0 Å². The second-order valence-corrected chi connectivity index (χ2v) is 9.45. The van der Waals surface area contributed by atoms with Crippen molar-refractivity contribution < 1.29 is 20.4 Å². The Kier molecular flexibility index (Phi) is 3.67. The van der Waals surface area contributed by atoms with Crippen molar-refractivity contribution in [2.45, 2.75) is 83.2 Å². The zero-order chi connectivity index (χ0) is 16.6. The lowest BCUT2D eigenvalue weighted by molar-refractivity contribution is -0.224. The van der Waals surface area contributed by atoms with Gasteiger partial charge < -0.3 is 20.4 Å². The number of aliphatic hydroxyl groups excluding tert-OH is 4. The van der Waals surface area contributed by atoms with Crippen LogP contribution in [0.2, 0.25) is 0 Å². The minimum atomic E-state index is -0.740. The lowest BCUT2D eigenvalue weighted by Crippen LogP contribution is -2.64. The predicted molar refractivity (Wildman–Crippen MR) is 86.5 cm³/mol. The SMILES string of the molecule is C[C@]12CC[C@@H](O)CC1[C@@H](O)[C@H](O)C1C2CC[C@@]2(C)C1CC[C@@H]2O. The summed E-state index contributed by atoms with van der Waals surface area (Å²) in [4.78, 5) is 0. The molecule has 0 spiro atoms. The molecular weight excluding hydrogens is 292 g/mol. The monoisotopic (exact) mass is 324 g/mol. The first-order valence-corrected chi connectivity index (χ1v) is 9.51. The molecule has 4 rings (SSSR count). The largest absolute Gasteiger partial charge is 0.393 e. The minimum Gasteiger partial charge on any atom is -0.393 e. The van der Waals surface area contributed by atoms with Gasteiger partial charge in [0.2, 0.25) is 0 Å². The Morgan fingerprint density at radius 3 is 2.09 bits per heavy atom. The first-order valence-electron chi connectivity index (χ1n) is 9.51. The summed E-state index contributed by atoms with van der Waals surface area (Å²) in [5, 5.41) is 42.3. The van der Waals surface area contributed by atoms with E-state index in [1.54, 1.807) is 0 Å². The highest BCUT2D eigenvalue weighted by Crippen LogP contribution is 2.66. The molecule has 10 atom stereocenters. The lowest BCUT2D eigenvalue weighted by Gasteiger charge is -2.63. The fourth-order valence-corrected chi connectivity index (χ4v) is 7.21. The molecule has 4 heteroatoms. The van der Waals surface area contributed by atoms with Gasteiger partial charge >= 0.3 is 0 Å². The Morgan fingerprint density at radius 2 is 1.35 bits per heavy atom. The van der Waals surface area contributed by atoms with Crippen molar-refractivity contribution in [3.8, 4) is 0 Å². The van der Waals surface area contributed by atoms with Crippen LogP contribution in [0.4, 0.5) is 0 Å². The van der Waals surface area contributed by atoms with Crippen LogP contribution in [0, 0.1) is 34.5 Å². The Morgan fingerprint density at radius 1 is 0.696 bits per heavy atom. The van der Waals surface area contributed by atoms with Crippen LogP contribution in [0.1, 0.15) is 58.8 Å². The van der Waals surface area contributed by atoms with Crippen LogP contribution in [0.5, 0.6) is 0 Å². The quantitative estimate of drug-likeness (QED) is 0.547. The van der Waals surface area contributed by atoms with E-state index in [9.17, 15) is 20.4 Å². The van der Waals surface area contributed by atoms with Gasteiger partial charge in [-0.05, 0) is 79.4 Å². The number of aliphatic hydroxyl groups is 4. The number of fused-ring (bicyclic) bond motifs is 5. The third-order valence-corrected chi connectivity index (χ3v) is 8.68. The van der Waals surface area contributed by atoms with Crippen LogP contribution < -0.4 is 0 Å². The highest BCUT2D eigenvalue weighted by atomic mass is 16.3. The third-order valence-electron chi connectivity index (χ3n) is 8.68. The Balaban J connectivity index is 1.72. The zero-order valence-corrected chi connectivity index (χ0v) is 14.4. The highest BCUT2D eigenvalue weighted by Gasteiger charge is 2.64. The molecule has 4 nitrogen and oxygen atoms in total. The van der Waals surface area contributed by atoms with E-state index in [4.69, 9.17) is 0 Å². The molecule has 4 fully saturated rings. The standard InChI is InChI=1S/C19H32O4/c1-18-7-5-10(20)9-13(18)16(22)17(23)15-11-3-4-14(21)19(11,2)8-6-12(15)18/h10-17,20-23H,3-9H2,1-2H3/t10-,11?,12?,13?,14+,15?,16-,17-,18-,19+/m1/s1. The summed E-state index contributed by atoms with van der Waals surface area (Å²) in [5.41, 5.74) is -0.0866. The maximum absolute atomic E-state index is 10.9. The normalized spacial score (nSPS) is 62.3. The van der Waals surface area contributed by atoms with Gasteiger partial charge in [-0.2, -0.15) is 0 Å². The molecule has 4 aliphatic rings. The summed E-state index contributed by atoms with van der Waals surface area (Å²) in [5.74, 6) is 0.808. The van der Waals surface area contributed by atoms with Gasteiger partial charge in [-0.3, -0.25) is 0 Å². The van der Waals surface area contributed by atoms with Crippen molar-refractivity contribution in [2.75, 3.05) is 0 Å². The second kappa shape index (κ2) is 5.17. The number of hydrogen-bond donors (Lipinski definition) is 4. The van der Waals surface area contributed by atoms with Crippen LogP contribution in [0.25, 0.3) is 0 Å². The molecule has 0 saturated heterocycles. The number of hydrogen-bond acceptors (Lipinski definition) is 4. The van der Waals surface area contributed by atoms with E-state index in [-0.39, 0.29) is 34.9 Å².